The first-order valence-electron chi connectivity index (χ1n) is 14.8. The largest absolute Gasteiger partial charge is 0.134 e. The van der Waals surface area contributed by atoms with Crippen molar-refractivity contribution in [2.75, 3.05) is 0 Å². The SMILES string of the molecule is Cc1cc(C2=CC=CC2)sc1-c1ccc(-c2sc(-c3cc(C)c(-c4ccc(-c5sc(C6=CC=CC6)cc5C)s4)s3)cc2C)s1. The Morgan fingerprint density at radius 2 is 0.705 bits per heavy atom. The van der Waals surface area contributed by atoms with E-state index >= 15 is 0 Å². The molecule has 0 N–H and O–H groups in total. The molecule has 6 aromatic heterocycles. The van der Waals surface area contributed by atoms with Gasteiger partial charge in [-0.15, -0.1) is 68.0 Å². The fraction of sp³-hybridized carbons (Fsp3) is 0.158. The van der Waals surface area contributed by atoms with Gasteiger partial charge in [0.2, 0.25) is 0 Å². The van der Waals surface area contributed by atoms with Gasteiger partial charge in [0, 0.05) is 58.5 Å². The molecular weight excluding hydrogens is 649 g/mol. The van der Waals surface area contributed by atoms with Gasteiger partial charge in [0.15, 0.2) is 0 Å². The number of thiophene rings is 6. The third kappa shape index (κ3) is 5.16. The second-order valence-electron chi connectivity index (χ2n) is 11.5. The molecule has 2 aliphatic rings. The van der Waals surface area contributed by atoms with Crippen LogP contribution in [-0.4, -0.2) is 0 Å². The van der Waals surface area contributed by atoms with Gasteiger partial charge in [0.25, 0.3) is 0 Å². The van der Waals surface area contributed by atoms with Gasteiger partial charge in [-0.05, 0) is 122 Å². The standard InChI is InChI=1S/C38H30S6/c1-21-17-31(25-9-5-6-10-25)41-35(21)27-13-15-29(39-27)37-23(3)19-33(43-37)34-20-24(4)38(44-34)30-16-14-28(40-30)36-22(2)18-32(42-36)26-11-7-8-12-26/h5-9,11,13-20H,10,12H2,1-4H3. The summed E-state index contributed by atoms with van der Waals surface area (Å²) in [5.41, 5.74) is 8.38. The van der Waals surface area contributed by atoms with Crippen LogP contribution in [0.2, 0.25) is 0 Å². The van der Waals surface area contributed by atoms with Gasteiger partial charge in [0.1, 0.15) is 0 Å². The number of hydrogen-bond donors (Lipinski definition) is 0. The zero-order valence-corrected chi connectivity index (χ0v) is 29.8. The van der Waals surface area contributed by atoms with E-state index < -0.39 is 0 Å². The van der Waals surface area contributed by atoms with Crippen LogP contribution < -0.4 is 0 Å². The molecule has 6 heterocycles. The normalized spacial score (nSPS) is 14.3. The molecule has 0 saturated carbocycles. The van der Waals surface area contributed by atoms with E-state index in [1.807, 2.05) is 68.0 Å². The first-order chi connectivity index (χ1) is 21.4. The molecule has 0 aromatic carbocycles. The minimum Gasteiger partial charge on any atom is -0.134 e. The van der Waals surface area contributed by atoms with E-state index in [-0.39, 0.29) is 0 Å². The van der Waals surface area contributed by atoms with Crippen LogP contribution in [0.5, 0.6) is 0 Å². The van der Waals surface area contributed by atoms with Gasteiger partial charge in [0.05, 0.1) is 0 Å². The quantitative estimate of drug-likeness (QED) is 0.158. The molecule has 44 heavy (non-hydrogen) atoms. The molecule has 6 heteroatoms. The predicted molar refractivity (Wildman–Crippen MR) is 203 cm³/mol. The van der Waals surface area contributed by atoms with Crippen molar-refractivity contribution in [2.24, 2.45) is 0 Å². The fourth-order valence-corrected chi connectivity index (χ4v) is 13.4. The maximum absolute atomic E-state index is 2.39. The number of allylic oxidation sites excluding steroid dienone is 8. The van der Waals surface area contributed by atoms with Crippen molar-refractivity contribution >= 4 is 79.2 Å². The van der Waals surface area contributed by atoms with E-state index in [1.165, 1.54) is 91.9 Å². The lowest BCUT2D eigenvalue weighted by molar-refractivity contribution is 1.46. The molecule has 6 aromatic rings. The highest BCUT2D eigenvalue weighted by molar-refractivity contribution is 7.30. The third-order valence-corrected chi connectivity index (χ3v) is 16.4. The molecule has 0 fully saturated rings. The van der Waals surface area contributed by atoms with E-state index in [4.69, 9.17) is 0 Å². The summed E-state index contributed by atoms with van der Waals surface area (Å²) >= 11 is 11.6. The van der Waals surface area contributed by atoms with Crippen molar-refractivity contribution in [3.8, 4) is 48.8 Å². The first kappa shape index (κ1) is 28.6. The molecule has 0 atom stereocenters. The summed E-state index contributed by atoms with van der Waals surface area (Å²) in [6.45, 7) is 9.05. The summed E-state index contributed by atoms with van der Waals surface area (Å²) in [7, 11) is 0. The minimum atomic E-state index is 1.05. The van der Waals surface area contributed by atoms with E-state index in [2.05, 4.69) is 113 Å². The Morgan fingerprint density at radius 1 is 0.386 bits per heavy atom. The highest BCUT2D eigenvalue weighted by Gasteiger charge is 2.19. The maximum Gasteiger partial charge on any atom is 0.0478 e. The molecule has 0 amide bonds. The van der Waals surface area contributed by atoms with E-state index in [9.17, 15) is 0 Å². The van der Waals surface area contributed by atoms with Crippen LogP contribution in [0.25, 0.3) is 59.9 Å². The Kier molecular flexibility index (Phi) is 7.48. The summed E-state index contributed by atoms with van der Waals surface area (Å²) in [5, 5.41) is 0. The fourth-order valence-electron chi connectivity index (χ4n) is 5.89. The second kappa shape index (κ2) is 11.5. The van der Waals surface area contributed by atoms with E-state index in [0.717, 1.165) is 12.8 Å². The van der Waals surface area contributed by atoms with Crippen molar-refractivity contribution in [1.29, 1.82) is 0 Å². The average Bonchev–Trinajstić information content (AvgIpc) is 3.84. The van der Waals surface area contributed by atoms with Crippen LogP contribution >= 0.6 is 68.0 Å². The van der Waals surface area contributed by atoms with Crippen LogP contribution in [0.4, 0.5) is 0 Å². The minimum absolute atomic E-state index is 1.05. The first-order valence-corrected chi connectivity index (χ1v) is 19.7. The summed E-state index contributed by atoms with van der Waals surface area (Å²) in [4.78, 5) is 16.7. The Labute approximate surface area is 283 Å². The van der Waals surface area contributed by atoms with Gasteiger partial charge in [-0.1, -0.05) is 36.5 Å². The van der Waals surface area contributed by atoms with Crippen LogP contribution in [0, 0.1) is 27.7 Å². The lowest BCUT2D eigenvalue weighted by Gasteiger charge is -1.96. The molecule has 218 valence electrons. The molecule has 0 radical (unpaired) electrons. The Bertz CT molecular complexity index is 2010. The van der Waals surface area contributed by atoms with Gasteiger partial charge < -0.3 is 0 Å². The van der Waals surface area contributed by atoms with Crippen LogP contribution in [0.15, 0.2) is 85.0 Å². The molecular formula is C38H30S6. The van der Waals surface area contributed by atoms with Gasteiger partial charge in [-0.25, -0.2) is 0 Å². The Morgan fingerprint density at radius 3 is 1.02 bits per heavy atom. The summed E-state index contributed by atoms with van der Waals surface area (Å²) in [5.74, 6) is 0. The number of rotatable bonds is 7. The van der Waals surface area contributed by atoms with Crippen LogP contribution in [0.3, 0.4) is 0 Å². The van der Waals surface area contributed by atoms with Crippen LogP contribution in [0.1, 0.15) is 44.8 Å². The zero-order chi connectivity index (χ0) is 29.9. The molecule has 0 spiro atoms. The highest BCUT2D eigenvalue weighted by atomic mass is 32.1. The third-order valence-electron chi connectivity index (χ3n) is 8.20. The second-order valence-corrected chi connectivity index (χ2v) is 17.8. The Balaban J connectivity index is 1.05. The van der Waals surface area contributed by atoms with Crippen molar-refractivity contribution < 1.29 is 0 Å². The zero-order valence-electron chi connectivity index (χ0n) is 24.9. The van der Waals surface area contributed by atoms with Gasteiger partial charge in [-0.3, -0.25) is 0 Å². The van der Waals surface area contributed by atoms with E-state index in [1.54, 1.807) is 0 Å². The van der Waals surface area contributed by atoms with Crippen molar-refractivity contribution in [2.45, 2.75) is 40.5 Å². The molecule has 8 rings (SSSR count). The summed E-state index contributed by atoms with van der Waals surface area (Å²) < 4.78 is 0. The summed E-state index contributed by atoms with van der Waals surface area (Å²) in [6, 6.07) is 18.8. The summed E-state index contributed by atoms with van der Waals surface area (Å²) in [6.07, 6.45) is 15.5. The highest BCUT2D eigenvalue weighted by Crippen LogP contribution is 2.49. The predicted octanol–water partition coefficient (Wildman–Crippen LogP) is 14.3. The molecule has 0 bridgehead atoms. The van der Waals surface area contributed by atoms with Crippen molar-refractivity contribution in [3.63, 3.8) is 0 Å². The smallest absolute Gasteiger partial charge is 0.0478 e. The molecule has 0 saturated heterocycles. The lowest BCUT2D eigenvalue weighted by Crippen LogP contribution is -1.71. The van der Waals surface area contributed by atoms with Gasteiger partial charge in [-0.2, -0.15) is 0 Å². The number of aryl methyl sites for hydroxylation is 4. The van der Waals surface area contributed by atoms with Crippen molar-refractivity contribution in [3.05, 3.63) is 117 Å². The van der Waals surface area contributed by atoms with Crippen LogP contribution in [-0.2, 0) is 0 Å². The molecule has 2 aliphatic carbocycles. The Hall–Kier alpha value is -2.84. The van der Waals surface area contributed by atoms with E-state index in [0.29, 0.717) is 0 Å². The topological polar surface area (TPSA) is 0 Å². The molecule has 0 unspecified atom stereocenters. The van der Waals surface area contributed by atoms with Gasteiger partial charge >= 0.3 is 0 Å². The molecule has 0 aliphatic heterocycles. The average molecular weight is 679 g/mol. The number of hydrogen-bond acceptors (Lipinski definition) is 6. The van der Waals surface area contributed by atoms with Crippen molar-refractivity contribution in [1.82, 2.24) is 0 Å². The lowest BCUT2D eigenvalue weighted by atomic mass is 10.1. The monoisotopic (exact) mass is 678 g/mol. The molecule has 0 nitrogen and oxygen atoms in total. The maximum atomic E-state index is 2.39.